The van der Waals surface area contributed by atoms with Gasteiger partial charge < -0.3 is 19.9 Å². The molecular weight excluding hydrogens is 465 g/mol. The van der Waals surface area contributed by atoms with Crippen LogP contribution in [-0.2, 0) is 6.54 Å². The lowest BCUT2D eigenvalue weighted by atomic mass is 10.1. The summed E-state index contributed by atoms with van der Waals surface area (Å²) in [6.45, 7) is 5.08. The second kappa shape index (κ2) is 9.87. The van der Waals surface area contributed by atoms with E-state index < -0.39 is 0 Å². The number of para-hydroxylation sites is 2. The van der Waals surface area contributed by atoms with Crippen LogP contribution in [0.3, 0.4) is 0 Å². The van der Waals surface area contributed by atoms with E-state index in [1.165, 1.54) is 17.4 Å². The number of anilines is 2. The summed E-state index contributed by atoms with van der Waals surface area (Å²) in [6.07, 6.45) is 1.55. The summed E-state index contributed by atoms with van der Waals surface area (Å²) in [5, 5.41) is 3.91. The molecule has 0 unspecified atom stereocenters. The van der Waals surface area contributed by atoms with Crippen LogP contribution in [0.5, 0.6) is 5.75 Å². The summed E-state index contributed by atoms with van der Waals surface area (Å²) in [4.78, 5) is 27.8. The Morgan fingerprint density at radius 2 is 1.77 bits per heavy atom. The van der Waals surface area contributed by atoms with Crippen LogP contribution in [0.1, 0.15) is 20.8 Å². The molecule has 0 atom stereocenters. The highest BCUT2D eigenvalue weighted by Gasteiger charge is 2.25. The van der Waals surface area contributed by atoms with Crippen molar-refractivity contribution in [3.63, 3.8) is 0 Å². The van der Waals surface area contributed by atoms with Crippen LogP contribution >= 0.6 is 11.3 Å². The van der Waals surface area contributed by atoms with Crippen LogP contribution in [0.2, 0.25) is 0 Å². The molecule has 1 aliphatic rings. The van der Waals surface area contributed by atoms with Gasteiger partial charge in [0.15, 0.2) is 0 Å². The molecule has 0 bridgehead atoms. The highest BCUT2D eigenvalue weighted by Crippen LogP contribution is 2.35. The number of nitrogens with one attached hydrogen (secondary N) is 1. The molecule has 2 aromatic carbocycles. The molecule has 1 amide bonds. The molecule has 7 nitrogen and oxygen atoms in total. The molecule has 5 rings (SSSR count). The van der Waals surface area contributed by atoms with E-state index in [1.54, 1.807) is 19.5 Å². The molecule has 0 saturated carbocycles. The Morgan fingerprint density at radius 3 is 2.54 bits per heavy atom. The fraction of sp³-hybridized carbons (Fsp3) is 0.269. The number of nitrogens with zero attached hydrogens (tertiary/aromatic N) is 4. The summed E-state index contributed by atoms with van der Waals surface area (Å²) in [5.41, 5.74) is 2.41. The van der Waals surface area contributed by atoms with E-state index in [1.807, 2.05) is 43.3 Å². The standard InChI is InChI=1S/C26H26FN5O2S/c1-17-22-24(32-13-11-31(12-14-32)20-9-5-4-8-19(20)27)29-16-30-26(22)35-23(17)25(33)28-15-18-7-3-6-10-21(18)34-2/h3-10,16H,11-15H2,1-2H3,(H,28,33). The van der Waals surface area contributed by atoms with E-state index in [4.69, 9.17) is 4.74 Å². The van der Waals surface area contributed by atoms with E-state index in [-0.39, 0.29) is 11.7 Å². The van der Waals surface area contributed by atoms with Crippen molar-refractivity contribution in [3.05, 3.63) is 76.7 Å². The number of aromatic nitrogens is 2. The summed E-state index contributed by atoms with van der Waals surface area (Å²) >= 11 is 1.37. The van der Waals surface area contributed by atoms with Crippen molar-refractivity contribution in [2.45, 2.75) is 13.5 Å². The third kappa shape index (κ3) is 4.51. The Balaban J connectivity index is 1.34. The van der Waals surface area contributed by atoms with Gasteiger partial charge in [-0.05, 0) is 30.7 Å². The molecular formula is C26H26FN5O2S. The number of benzene rings is 2. The van der Waals surface area contributed by atoms with Crippen molar-refractivity contribution in [1.82, 2.24) is 15.3 Å². The first-order valence-electron chi connectivity index (χ1n) is 11.5. The van der Waals surface area contributed by atoms with Crippen molar-refractivity contribution in [2.24, 2.45) is 0 Å². The van der Waals surface area contributed by atoms with E-state index in [9.17, 15) is 9.18 Å². The van der Waals surface area contributed by atoms with Gasteiger partial charge in [-0.2, -0.15) is 0 Å². The van der Waals surface area contributed by atoms with Gasteiger partial charge in [-0.15, -0.1) is 11.3 Å². The number of amides is 1. The van der Waals surface area contributed by atoms with Crippen LogP contribution in [0.4, 0.5) is 15.9 Å². The van der Waals surface area contributed by atoms with Crippen LogP contribution in [0.25, 0.3) is 10.2 Å². The molecule has 35 heavy (non-hydrogen) atoms. The second-order valence-electron chi connectivity index (χ2n) is 8.35. The lowest BCUT2D eigenvalue weighted by Gasteiger charge is -2.37. The predicted octanol–water partition coefficient (Wildman–Crippen LogP) is 4.40. The van der Waals surface area contributed by atoms with Crippen molar-refractivity contribution in [3.8, 4) is 5.75 Å². The molecule has 180 valence electrons. The first kappa shape index (κ1) is 23.0. The zero-order valence-electron chi connectivity index (χ0n) is 19.6. The number of halogens is 1. The summed E-state index contributed by atoms with van der Waals surface area (Å²) in [5.74, 6) is 1.21. The molecule has 0 radical (unpaired) electrons. The number of hydrogen-bond acceptors (Lipinski definition) is 7. The molecule has 0 aliphatic carbocycles. The first-order chi connectivity index (χ1) is 17.1. The fourth-order valence-electron chi connectivity index (χ4n) is 4.48. The number of hydrogen-bond donors (Lipinski definition) is 1. The Labute approximate surface area is 207 Å². The van der Waals surface area contributed by atoms with Gasteiger partial charge in [-0.25, -0.2) is 14.4 Å². The van der Waals surface area contributed by atoms with E-state index >= 15 is 0 Å². The van der Waals surface area contributed by atoms with Gasteiger partial charge in [0.2, 0.25) is 0 Å². The highest BCUT2D eigenvalue weighted by molar-refractivity contribution is 7.20. The van der Waals surface area contributed by atoms with Crippen molar-refractivity contribution in [1.29, 1.82) is 0 Å². The third-order valence-corrected chi connectivity index (χ3v) is 7.52. The number of methoxy groups -OCH3 is 1. The largest absolute Gasteiger partial charge is 0.496 e. The minimum atomic E-state index is -0.206. The third-order valence-electron chi connectivity index (χ3n) is 6.32. The Bertz CT molecular complexity index is 1370. The molecule has 1 saturated heterocycles. The SMILES string of the molecule is COc1ccccc1CNC(=O)c1sc2ncnc(N3CCN(c4ccccc4F)CC3)c2c1C. The Morgan fingerprint density at radius 1 is 1.06 bits per heavy atom. The number of ether oxygens (including phenoxy) is 1. The molecule has 0 spiro atoms. The lowest BCUT2D eigenvalue weighted by molar-refractivity contribution is 0.0954. The van der Waals surface area contributed by atoms with Crippen molar-refractivity contribution < 1.29 is 13.9 Å². The number of rotatable bonds is 6. The normalized spacial score (nSPS) is 13.8. The van der Waals surface area contributed by atoms with Gasteiger partial charge in [0.1, 0.15) is 28.5 Å². The molecule has 1 fully saturated rings. The maximum absolute atomic E-state index is 14.2. The molecule has 4 aromatic rings. The van der Waals surface area contributed by atoms with Gasteiger partial charge in [0, 0.05) is 38.3 Å². The minimum absolute atomic E-state index is 0.147. The maximum Gasteiger partial charge on any atom is 0.261 e. The van der Waals surface area contributed by atoms with E-state index in [2.05, 4.69) is 25.1 Å². The Hall–Kier alpha value is -3.72. The average molecular weight is 492 g/mol. The lowest BCUT2D eigenvalue weighted by Crippen LogP contribution is -2.47. The summed E-state index contributed by atoms with van der Waals surface area (Å²) in [6, 6.07) is 14.5. The molecule has 3 heterocycles. The zero-order chi connectivity index (χ0) is 24.4. The summed E-state index contributed by atoms with van der Waals surface area (Å²) in [7, 11) is 1.62. The van der Waals surface area contributed by atoms with Crippen molar-refractivity contribution in [2.75, 3.05) is 43.1 Å². The smallest absolute Gasteiger partial charge is 0.261 e. The van der Waals surface area contributed by atoms with E-state index in [0.29, 0.717) is 43.3 Å². The average Bonchev–Trinajstić information content (AvgIpc) is 3.24. The molecule has 1 aliphatic heterocycles. The highest BCUT2D eigenvalue weighted by atomic mass is 32.1. The van der Waals surface area contributed by atoms with Crippen molar-refractivity contribution >= 4 is 39.0 Å². The van der Waals surface area contributed by atoms with E-state index in [0.717, 1.165) is 32.9 Å². The van der Waals surface area contributed by atoms with Crippen LogP contribution in [0, 0.1) is 12.7 Å². The molecule has 2 aromatic heterocycles. The number of carbonyl (C=O) groups is 1. The number of fused-ring (bicyclic) bond motifs is 1. The first-order valence-corrected chi connectivity index (χ1v) is 12.3. The maximum atomic E-state index is 14.2. The predicted molar refractivity (Wildman–Crippen MR) is 137 cm³/mol. The molecule has 1 N–H and O–H groups in total. The topological polar surface area (TPSA) is 70.6 Å². The monoisotopic (exact) mass is 491 g/mol. The summed E-state index contributed by atoms with van der Waals surface area (Å²) < 4.78 is 19.6. The van der Waals surface area contributed by atoms with Gasteiger partial charge in [-0.3, -0.25) is 4.79 Å². The number of carbonyl (C=O) groups excluding carboxylic acids is 1. The number of aryl methyl sites for hydroxylation is 1. The molecule has 9 heteroatoms. The quantitative estimate of drug-likeness (QED) is 0.431. The second-order valence-corrected chi connectivity index (χ2v) is 9.35. The number of piperazine rings is 1. The van der Waals surface area contributed by atoms with Crippen LogP contribution in [-0.4, -0.2) is 49.2 Å². The van der Waals surface area contributed by atoms with Gasteiger partial charge in [0.25, 0.3) is 5.91 Å². The van der Waals surface area contributed by atoms with Crippen LogP contribution < -0.4 is 19.9 Å². The zero-order valence-corrected chi connectivity index (χ0v) is 20.4. The Kier molecular flexibility index (Phi) is 6.50. The van der Waals surface area contributed by atoms with Gasteiger partial charge >= 0.3 is 0 Å². The van der Waals surface area contributed by atoms with Gasteiger partial charge in [-0.1, -0.05) is 30.3 Å². The number of thiophene rings is 1. The fourth-order valence-corrected chi connectivity index (χ4v) is 5.54. The van der Waals surface area contributed by atoms with Gasteiger partial charge in [0.05, 0.1) is 23.1 Å². The van der Waals surface area contributed by atoms with Crippen LogP contribution in [0.15, 0.2) is 54.9 Å². The minimum Gasteiger partial charge on any atom is -0.496 e.